The topological polar surface area (TPSA) is 84.4 Å². The van der Waals surface area contributed by atoms with Gasteiger partial charge in [0.15, 0.2) is 0 Å². The monoisotopic (exact) mass is 494 g/mol. The molecule has 0 bridgehead atoms. The van der Waals surface area contributed by atoms with E-state index in [1.807, 2.05) is 49.1 Å². The van der Waals surface area contributed by atoms with Crippen LogP contribution in [0, 0.1) is 5.95 Å². The summed E-state index contributed by atoms with van der Waals surface area (Å²) in [6, 6.07) is 12.8. The van der Waals surface area contributed by atoms with Crippen LogP contribution in [0.3, 0.4) is 0 Å². The predicted molar refractivity (Wildman–Crippen MR) is 130 cm³/mol. The van der Waals surface area contributed by atoms with E-state index in [0.29, 0.717) is 16.3 Å². The maximum Gasteiger partial charge on any atom is 0.411 e. The van der Waals surface area contributed by atoms with Gasteiger partial charge in [-0.2, -0.15) is 4.39 Å². The van der Waals surface area contributed by atoms with Crippen molar-refractivity contribution in [3.63, 3.8) is 0 Å². The summed E-state index contributed by atoms with van der Waals surface area (Å²) in [7, 11) is 0. The van der Waals surface area contributed by atoms with Gasteiger partial charge in [-0.3, -0.25) is 9.69 Å². The number of cyclic esters (lactones) is 1. The summed E-state index contributed by atoms with van der Waals surface area (Å²) < 4.78 is 18.8. The number of ether oxygens (including phenoxy) is 1. The van der Waals surface area contributed by atoms with E-state index < -0.39 is 11.5 Å². The van der Waals surface area contributed by atoms with E-state index in [4.69, 9.17) is 4.74 Å². The maximum atomic E-state index is 13.1. The van der Waals surface area contributed by atoms with Gasteiger partial charge in [-0.05, 0) is 57.2 Å². The number of carbonyl (C=O) groups is 2. The van der Waals surface area contributed by atoms with E-state index in [9.17, 15) is 14.0 Å². The van der Waals surface area contributed by atoms with E-state index in [-0.39, 0.29) is 30.1 Å². The van der Waals surface area contributed by atoms with Gasteiger partial charge in [0.05, 0.1) is 6.04 Å². The molecule has 1 aliphatic carbocycles. The van der Waals surface area contributed by atoms with Gasteiger partial charge in [0.2, 0.25) is 5.95 Å². The SMILES string of the molecule is CC1(C)OC(=O)N(C2CCC(NC(=O)c3csc(-c4ccc(F)nc4)n3)CC2)C1c1ccccc1. The third kappa shape index (κ3) is 4.77. The summed E-state index contributed by atoms with van der Waals surface area (Å²) in [6.45, 7) is 3.91. The first-order valence-corrected chi connectivity index (χ1v) is 12.6. The van der Waals surface area contributed by atoms with Crippen molar-refractivity contribution >= 4 is 23.3 Å². The largest absolute Gasteiger partial charge is 0.441 e. The highest BCUT2D eigenvalue weighted by Gasteiger charge is 2.51. The molecular formula is C26H27FN4O3S. The van der Waals surface area contributed by atoms with E-state index in [2.05, 4.69) is 15.3 Å². The molecule has 2 amide bonds. The number of nitrogens with one attached hydrogen (secondary N) is 1. The summed E-state index contributed by atoms with van der Waals surface area (Å²) in [5.41, 5.74) is 1.45. The highest BCUT2D eigenvalue weighted by atomic mass is 32.1. The Morgan fingerprint density at radius 2 is 1.89 bits per heavy atom. The Labute approximate surface area is 207 Å². The van der Waals surface area contributed by atoms with Gasteiger partial charge in [0, 0.05) is 29.2 Å². The fourth-order valence-corrected chi connectivity index (χ4v) is 5.89. The van der Waals surface area contributed by atoms with E-state index in [1.54, 1.807) is 11.4 Å². The molecule has 1 aromatic carbocycles. The Bertz CT molecular complexity index is 1210. The number of pyridine rings is 1. The number of benzene rings is 1. The third-order valence-corrected chi connectivity index (χ3v) is 7.64. The second-order valence-corrected chi connectivity index (χ2v) is 10.4. The normalized spacial score (nSPS) is 23.7. The van der Waals surface area contributed by atoms with Gasteiger partial charge in [-0.1, -0.05) is 30.3 Å². The third-order valence-electron chi connectivity index (χ3n) is 6.75. The second kappa shape index (κ2) is 9.37. The molecule has 1 saturated heterocycles. The molecule has 1 atom stereocenters. The number of halogens is 1. The molecule has 7 nitrogen and oxygen atoms in total. The molecule has 9 heteroatoms. The summed E-state index contributed by atoms with van der Waals surface area (Å²) in [5, 5.41) is 5.41. The van der Waals surface area contributed by atoms with Crippen LogP contribution in [0.25, 0.3) is 10.6 Å². The second-order valence-electron chi connectivity index (χ2n) is 9.58. The van der Waals surface area contributed by atoms with Gasteiger partial charge in [0.1, 0.15) is 16.3 Å². The summed E-state index contributed by atoms with van der Waals surface area (Å²) in [4.78, 5) is 35.6. The summed E-state index contributed by atoms with van der Waals surface area (Å²) >= 11 is 1.32. The standard InChI is InChI=1S/C26H27FN4O3S/c1-26(2)22(16-6-4-3-5-7-16)31(25(33)34-26)19-11-9-18(10-12-19)29-23(32)20-15-35-24(30-20)17-8-13-21(27)28-14-17/h3-8,13-15,18-19,22H,9-12H2,1-2H3,(H,29,32). The van der Waals surface area contributed by atoms with Crippen molar-refractivity contribution < 1.29 is 18.7 Å². The number of aromatic nitrogens is 2. The highest BCUT2D eigenvalue weighted by molar-refractivity contribution is 7.13. The van der Waals surface area contributed by atoms with Crippen molar-refractivity contribution in [1.82, 2.24) is 20.2 Å². The highest BCUT2D eigenvalue weighted by Crippen LogP contribution is 2.44. The summed E-state index contributed by atoms with van der Waals surface area (Å²) in [5.74, 6) is -0.783. The summed E-state index contributed by atoms with van der Waals surface area (Å²) in [6.07, 6.45) is 4.22. The van der Waals surface area contributed by atoms with Crippen molar-refractivity contribution in [3.8, 4) is 10.6 Å². The van der Waals surface area contributed by atoms with Gasteiger partial charge in [-0.25, -0.2) is 14.8 Å². The number of nitrogens with zero attached hydrogens (tertiary/aromatic N) is 3. The van der Waals surface area contributed by atoms with Crippen molar-refractivity contribution in [2.45, 2.75) is 63.3 Å². The van der Waals surface area contributed by atoms with Gasteiger partial charge in [-0.15, -0.1) is 11.3 Å². The number of thiazole rings is 1. The molecule has 1 saturated carbocycles. The van der Waals surface area contributed by atoms with Crippen molar-refractivity contribution in [2.24, 2.45) is 0 Å². The number of rotatable bonds is 5. The molecule has 0 spiro atoms. The maximum absolute atomic E-state index is 13.1. The van der Waals surface area contributed by atoms with E-state index >= 15 is 0 Å². The average Bonchev–Trinajstić information content (AvgIpc) is 3.43. The van der Waals surface area contributed by atoms with E-state index in [1.165, 1.54) is 23.6 Å². The van der Waals surface area contributed by atoms with Crippen molar-refractivity contribution in [1.29, 1.82) is 0 Å². The van der Waals surface area contributed by atoms with E-state index in [0.717, 1.165) is 31.2 Å². The lowest BCUT2D eigenvalue weighted by molar-refractivity contribution is 0.0663. The lowest BCUT2D eigenvalue weighted by Gasteiger charge is -2.38. The van der Waals surface area contributed by atoms with Crippen LogP contribution in [-0.2, 0) is 4.74 Å². The van der Waals surface area contributed by atoms with Crippen LogP contribution in [0.2, 0.25) is 0 Å². The number of carbonyl (C=O) groups excluding carboxylic acids is 2. The van der Waals surface area contributed by atoms with Crippen LogP contribution >= 0.6 is 11.3 Å². The molecule has 1 unspecified atom stereocenters. The van der Waals surface area contributed by atoms with Crippen LogP contribution in [0.1, 0.15) is 61.6 Å². The molecule has 3 aromatic rings. The lowest BCUT2D eigenvalue weighted by atomic mass is 9.86. The number of amides is 2. The van der Waals surface area contributed by atoms with Crippen molar-refractivity contribution in [3.05, 3.63) is 71.2 Å². The Hall–Kier alpha value is -3.33. The van der Waals surface area contributed by atoms with Crippen LogP contribution in [0.5, 0.6) is 0 Å². The zero-order chi connectivity index (χ0) is 24.6. The van der Waals surface area contributed by atoms with Crippen LogP contribution in [-0.4, -0.2) is 44.6 Å². The fraction of sp³-hybridized carbons (Fsp3) is 0.385. The minimum atomic E-state index is -0.619. The smallest absolute Gasteiger partial charge is 0.411 e. The minimum Gasteiger partial charge on any atom is -0.441 e. The Kier molecular flexibility index (Phi) is 6.27. The van der Waals surface area contributed by atoms with Gasteiger partial charge < -0.3 is 10.1 Å². The Morgan fingerprint density at radius 1 is 1.14 bits per heavy atom. The molecule has 5 rings (SSSR count). The van der Waals surface area contributed by atoms with Gasteiger partial charge >= 0.3 is 6.09 Å². The molecule has 1 N–H and O–H groups in total. The number of hydrogen-bond acceptors (Lipinski definition) is 6. The zero-order valence-electron chi connectivity index (χ0n) is 19.6. The molecule has 2 aromatic heterocycles. The Morgan fingerprint density at radius 3 is 2.57 bits per heavy atom. The molecule has 182 valence electrons. The van der Waals surface area contributed by atoms with Crippen LogP contribution < -0.4 is 5.32 Å². The fourth-order valence-electron chi connectivity index (χ4n) is 5.10. The molecule has 35 heavy (non-hydrogen) atoms. The Balaban J connectivity index is 1.22. The minimum absolute atomic E-state index is 0.0122. The molecule has 3 heterocycles. The van der Waals surface area contributed by atoms with Gasteiger partial charge in [0.25, 0.3) is 5.91 Å². The molecule has 2 fully saturated rings. The molecular weight excluding hydrogens is 467 g/mol. The quantitative estimate of drug-likeness (QED) is 0.483. The molecule has 2 aliphatic rings. The zero-order valence-corrected chi connectivity index (χ0v) is 20.4. The first-order chi connectivity index (χ1) is 16.8. The average molecular weight is 495 g/mol. The van der Waals surface area contributed by atoms with Crippen LogP contribution in [0.4, 0.5) is 9.18 Å². The van der Waals surface area contributed by atoms with Crippen LogP contribution in [0.15, 0.2) is 54.0 Å². The molecule has 0 radical (unpaired) electrons. The number of hydrogen-bond donors (Lipinski definition) is 1. The predicted octanol–water partition coefficient (Wildman–Crippen LogP) is 5.36. The van der Waals surface area contributed by atoms with Crippen molar-refractivity contribution in [2.75, 3.05) is 0 Å². The first kappa shape index (κ1) is 23.4. The first-order valence-electron chi connectivity index (χ1n) is 11.8. The molecule has 1 aliphatic heterocycles. The lowest BCUT2D eigenvalue weighted by Crippen LogP contribution is -2.46.